The number of nitrogen functional groups attached to an aromatic ring is 1. The van der Waals surface area contributed by atoms with E-state index in [2.05, 4.69) is 18.7 Å². The van der Waals surface area contributed by atoms with Crippen molar-refractivity contribution in [3.8, 4) is 0 Å². The van der Waals surface area contributed by atoms with E-state index in [1.807, 2.05) is 0 Å². The molecule has 2 N–H and O–H groups in total. The molecular weight excluding hydrogens is 230 g/mol. The van der Waals surface area contributed by atoms with E-state index in [4.69, 9.17) is 5.73 Å². The van der Waals surface area contributed by atoms with E-state index in [0.29, 0.717) is 11.7 Å². The fourth-order valence-corrected chi connectivity index (χ4v) is 2.68. The number of nitro groups is 1. The first-order valence-electron chi connectivity index (χ1n) is 6.29. The van der Waals surface area contributed by atoms with Gasteiger partial charge in [0.25, 0.3) is 5.69 Å². The summed E-state index contributed by atoms with van der Waals surface area (Å²) in [5.74, 6) is 0.732. The SMILES string of the molecule is CC1CCN(c2ccc([N+](=O)[O-])cc2N)C(C)C1. The number of piperidine rings is 1. The van der Waals surface area contributed by atoms with Gasteiger partial charge in [-0.3, -0.25) is 10.1 Å². The van der Waals surface area contributed by atoms with Crippen molar-refractivity contribution in [1.29, 1.82) is 0 Å². The predicted octanol–water partition coefficient (Wildman–Crippen LogP) is 2.80. The van der Waals surface area contributed by atoms with Crippen LogP contribution in [-0.4, -0.2) is 17.5 Å². The summed E-state index contributed by atoms with van der Waals surface area (Å²) in [6.45, 7) is 5.40. The largest absolute Gasteiger partial charge is 0.397 e. The molecule has 0 bridgehead atoms. The Morgan fingerprint density at radius 2 is 2.17 bits per heavy atom. The average molecular weight is 249 g/mol. The van der Waals surface area contributed by atoms with Gasteiger partial charge in [0.05, 0.1) is 16.3 Å². The molecule has 1 aromatic rings. The van der Waals surface area contributed by atoms with E-state index in [1.54, 1.807) is 6.07 Å². The highest BCUT2D eigenvalue weighted by atomic mass is 16.6. The molecule has 0 aliphatic carbocycles. The number of rotatable bonds is 2. The van der Waals surface area contributed by atoms with Crippen LogP contribution >= 0.6 is 0 Å². The Balaban J connectivity index is 2.26. The highest BCUT2D eigenvalue weighted by Gasteiger charge is 2.24. The Hall–Kier alpha value is -1.78. The zero-order valence-electron chi connectivity index (χ0n) is 10.8. The molecule has 2 rings (SSSR count). The van der Waals surface area contributed by atoms with Crippen LogP contribution in [0.5, 0.6) is 0 Å². The van der Waals surface area contributed by atoms with Crippen molar-refractivity contribution < 1.29 is 4.92 Å². The first kappa shape index (κ1) is 12.7. The summed E-state index contributed by atoms with van der Waals surface area (Å²) in [7, 11) is 0. The number of nitrogens with two attached hydrogens (primary N) is 1. The second-order valence-corrected chi connectivity index (χ2v) is 5.17. The van der Waals surface area contributed by atoms with Gasteiger partial charge in [0.1, 0.15) is 0 Å². The molecule has 0 spiro atoms. The van der Waals surface area contributed by atoms with Gasteiger partial charge in [-0.05, 0) is 31.7 Å². The van der Waals surface area contributed by atoms with Crippen molar-refractivity contribution in [2.45, 2.75) is 32.7 Å². The van der Waals surface area contributed by atoms with Crippen LogP contribution in [0.1, 0.15) is 26.7 Å². The maximum Gasteiger partial charge on any atom is 0.271 e. The lowest BCUT2D eigenvalue weighted by Gasteiger charge is -2.38. The van der Waals surface area contributed by atoms with Crippen LogP contribution < -0.4 is 10.6 Å². The van der Waals surface area contributed by atoms with Gasteiger partial charge < -0.3 is 10.6 Å². The highest BCUT2D eigenvalue weighted by Crippen LogP contribution is 2.33. The molecule has 0 saturated carbocycles. The lowest BCUT2D eigenvalue weighted by molar-refractivity contribution is -0.384. The summed E-state index contributed by atoms with van der Waals surface area (Å²) < 4.78 is 0. The second-order valence-electron chi connectivity index (χ2n) is 5.17. The monoisotopic (exact) mass is 249 g/mol. The summed E-state index contributed by atoms with van der Waals surface area (Å²) in [5.41, 5.74) is 7.40. The standard InChI is InChI=1S/C13H19N3O2/c1-9-5-6-15(10(2)7-9)13-4-3-11(16(17)18)8-12(13)14/h3-4,8-10H,5-7,14H2,1-2H3. The van der Waals surface area contributed by atoms with Gasteiger partial charge in [-0.25, -0.2) is 0 Å². The molecule has 1 aliphatic rings. The van der Waals surface area contributed by atoms with E-state index < -0.39 is 4.92 Å². The lowest BCUT2D eigenvalue weighted by Crippen LogP contribution is -2.40. The Morgan fingerprint density at radius 3 is 2.72 bits per heavy atom. The normalized spacial score (nSPS) is 24.0. The molecular formula is C13H19N3O2. The Labute approximate surface area is 107 Å². The summed E-state index contributed by atoms with van der Waals surface area (Å²) in [5, 5.41) is 10.7. The maximum atomic E-state index is 10.7. The second kappa shape index (κ2) is 4.84. The molecule has 1 aromatic carbocycles. The fourth-order valence-electron chi connectivity index (χ4n) is 2.68. The molecule has 1 fully saturated rings. The summed E-state index contributed by atoms with van der Waals surface area (Å²) in [6, 6.07) is 5.16. The lowest BCUT2D eigenvalue weighted by atomic mass is 9.93. The van der Waals surface area contributed by atoms with Crippen LogP contribution in [0.25, 0.3) is 0 Å². The number of hydrogen-bond acceptors (Lipinski definition) is 4. The number of nitrogens with zero attached hydrogens (tertiary/aromatic N) is 2. The molecule has 1 aliphatic heterocycles. The van der Waals surface area contributed by atoms with E-state index in [1.165, 1.54) is 12.1 Å². The molecule has 0 aromatic heterocycles. The van der Waals surface area contributed by atoms with Crippen LogP contribution in [0.3, 0.4) is 0 Å². The van der Waals surface area contributed by atoms with Crippen molar-refractivity contribution in [2.24, 2.45) is 5.92 Å². The topological polar surface area (TPSA) is 72.4 Å². The highest BCUT2D eigenvalue weighted by molar-refractivity contribution is 5.71. The molecule has 2 atom stereocenters. The summed E-state index contributed by atoms with van der Waals surface area (Å²) >= 11 is 0. The molecule has 5 nitrogen and oxygen atoms in total. The Bertz CT molecular complexity index is 462. The third-order valence-electron chi connectivity index (χ3n) is 3.67. The zero-order chi connectivity index (χ0) is 13.3. The number of nitro benzene ring substituents is 1. The van der Waals surface area contributed by atoms with Crippen molar-refractivity contribution in [2.75, 3.05) is 17.2 Å². The fraction of sp³-hybridized carbons (Fsp3) is 0.538. The zero-order valence-corrected chi connectivity index (χ0v) is 10.8. The summed E-state index contributed by atoms with van der Waals surface area (Å²) in [4.78, 5) is 12.5. The number of benzene rings is 1. The number of anilines is 2. The van der Waals surface area contributed by atoms with E-state index in [9.17, 15) is 10.1 Å². The minimum Gasteiger partial charge on any atom is -0.397 e. The van der Waals surface area contributed by atoms with Gasteiger partial charge >= 0.3 is 0 Å². The molecule has 5 heteroatoms. The van der Waals surface area contributed by atoms with Gasteiger partial charge in [-0.1, -0.05) is 6.92 Å². The van der Waals surface area contributed by atoms with Crippen LogP contribution in [0.4, 0.5) is 17.1 Å². The van der Waals surface area contributed by atoms with Crippen molar-refractivity contribution in [1.82, 2.24) is 0 Å². The van der Waals surface area contributed by atoms with E-state index in [0.717, 1.165) is 31.0 Å². The van der Waals surface area contributed by atoms with Gasteiger partial charge in [0, 0.05) is 24.7 Å². The third-order valence-corrected chi connectivity index (χ3v) is 3.67. The smallest absolute Gasteiger partial charge is 0.271 e. The van der Waals surface area contributed by atoms with E-state index in [-0.39, 0.29) is 5.69 Å². The average Bonchev–Trinajstić information content (AvgIpc) is 2.30. The van der Waals surface area contributed by atoms with Crippen LogP contribution in [-0.2, 0) is 0 Å². The van der Waals surface area contributed by atoms with Crippen LogP contribution in [0, 0.1) is 16.0 Å². The maximum absolute atomic E-state index is 10.7. The van der Waals surface area contributed by atoms with Gasteiger partial charge in [0.15, 0.2) is 0 Å². The molecule has 18 heavy (non-hydrogen) atoms. The van der Waals surface area contributed by atoms with Crippen LogP contribution in [0.15, 0.2) is 18.2 Å². The minimum absolute atomic E-state index is 0.0503. The molecule has 1 heterocycles. The van der Waals surface area contributed by atoms with Crippen molar-refractivity contribution in [3.05, 3.63) is 28.3 Å². The minimum atomic E-state index is -0.415. The number of non-ortho nitro benzene ring substituents is 1. The van der Waals surface area contributed by atoms with Gasteiger partial charge in [-0.15, -0.1) is 0 Å². The number of hydrogen-bond donors (Lipinski definition) is 1. The molecule has 0 amide bonds. The summed E-state index contributed by atoms with van der Waals surface area (Å²) in [6.07, 6.45) is 2.27. The Kier molecular flexibility index (Phi) is 3.41. The van der Waals surface area contributed by atoms with Gasteiger partial charge in [-0.2, -0.15) is 0 Å². The first-order chi connectivity index (χ1) is 8.49. The van der Waals surface area contributed by atoms with Gasteiger partial charge in [0.2, 0.25) is 0 Å². The first-order valence-corrected chi connectivity index (χ1v) is 6.29. The molecule has 1 saturated heterocycles. The van der Waals surface area contributed by atoms with Crippen molar-refractivity contribution in [3.63, 3.8) is 0 Å². The van der Waals surface area contributed by atoms with Crippen molar-refractivity contribution >= 4 is 17.1 Å². The third kappa shape index (κ3) is 2.39. The molecule has 2 unspecified atom stereocenters. The van der Waals surface area contributed by atoms with Crippen LogP contribution in [0.2, 0.25) is 0 Å². The Morgan fingerprint density at radius 1 is 1.44 bits per heavy atom. The van der Waals surface area contributed by atoms with E-state index >= 15 is 0 Å². The molecule has 98 valence electrons. The quantitative estimate of drug-likeness (QED) is 0.497. The molecule has 0 radical (unpaired) electrons. The predicted molar refractivity (Wildman–Crippen MR) is 72.7 cm³/mol.